The van der Waals surface area contributed by atoms with Gasteiger partial charge in [0.05, 0.1) is 11.0 Å². The van der Waals surface area contributed by atoms with E-state index >= 15 is 0 Å². The molecule has 2 aromatic heterocycles. The third-order valence-electron chi connectivity index (χ3n) is 3.81. The van der Waals surface area contributed by atoms with E-state index in [1.54, 1.807) is 6.33 Å². The standard InChI is InChI=1S/C14H15ClN6/c15-10-2-3-11-12(8-10)21-9-17-19-14(21)13(18-11)20-6-1-4-16-5-7-20/h2-3,8-9,16H,1,4-7H2. The molecule has 1 saturated heterocycles. The van der Waals surface area contributed by atoms with Crippen LogP contribution in [-0.2, 0) is 0 Å². The number of rotatable bonds is 1. The van der Waals surface area contributed by atoms with Gasteiger partial charge in [-0.25, -0.2) is 4.98 Å². The number of hydrogen-bond acceptors (Lipinski definition) is 5. The van der Waals surface area contributed by atoms with Gasteiger partial charge in [-0.05, 0) is 31.2 Å². The highest BCUT2D eigenvalue weighted by Gasteiger charge is 2.17. The van der Waals surface area contributed by atoms with Gasteiger partial charge in [-0.1, -0.05) is 11.6 Å². The predicted octanol–water partition coefficient (Wildman–Crippen LogP) is 1.73. The SMILES string of the molecule is Clc1ccc2nc(N3CCCNCC3)c3nncn3c2c1. The Kier molecular flexibility index (Phi) is 3.12. The summed E-state index contributed by atoms with van der Waals surface area (Å²) in [5.74, 6) is 0.894. The summed E-state index contributed by atoms with van der Waals surface area (Å²) in [7, 11) is 0. The molecular formula is C14H15ClN6. The topological polar surface area (TPSA) is 58.4 Å². The second-order valence-electron chi connectivity index (χ2n) is 5.18. The maximum absolute atomic E-state index is 6.10. The Balaban J connectivity index is 1.94. The highest BCUT2D eigenvalue weighted by molar-refractivity contribution is 6.31. The van der Waals surface area contributed by atoms with Crippen molar-refractivity contribution in [2.75, 3.05) is 31.1 Å². The summed E-state index contributed by atoms with van der Waals surface area (Å²) in [6.45, 7) is 3.90. The molecule has 0 amide bonds. The van der Waals surface area contributed by atoms with Gasteiger partial charge in [0.2, 0.25) is 5.65 Å². The Labute approximate surface area is 126 Å². The minimum atomic E-state index is 0.686. The zero-order valence-corrected chi connectivity index (χ0v) is 12.2. The molecule has 6 nitrogen and oxygen atoms in total. The molecule has 1 fully saturated rings. The smallest absolute Gasteiger partial charge is 0.204 e. The van der Waals surface area contributed by atoms with Gasteiger partial charge in [-0.3, -0.25) is 4.40 Å². The molecule has 1 aliphatic heterocycles. The van der Waals surface area contributed by atoms with Crippen LogP contribution in [0, 0.1) is 0 Å². The monoisotopic (exact) mass is 302 g/mol. The van der Waals surface area contributed by atoms with Crippen molar-refractivity contribution in [2.45, 2.75) is 6.42 Å². The van der Waals surface area contributed by atoms with Gasteiger partial charge < -0.3 is 10.2 Å². The van der Waals surface area contributed by atoms with Crippen molar-refractivity contribution in [3.05, 3.63) is 29.5 Å². The Bertz CT molecular complexity index is 791. The lowest BCUT2D eigenvalue weighted by molar-refractivity contribution is 0.724. The Morgan fingerprint density at radius 2 is 2.14 bits per heavy atom. The Morgan fingerprint density at radius 3 is 3.10 bits per heavy atom. The fourth-order valence-electron chi connectivity index (χ4n) is 2.78. The lowest BCUT2D eigenvalue weighted by Gasteiger charge is -2.21. The molecule has 7 heteroatoms. The number of nitrogens with zero attached hydrogens (tertiary/aromatic N) is 5. The normalized spacial score (nSPS) is 16.5. The maximum atomic E-state index is 6.10. The van der Waals surface area contributed by atoms with Crippen molar-refractivity contribution in [1.82, 2.24) is 24.9 Å². The third-order valence-corrected chi connectivity index (χ3v) is 4.05. The first kappa shape index (κ1) is 12.8. The molecule has 1 aliphatic rings. The van der Waals surface area contributed by atoms with E-state index in [9.17, 15) is 0 Å². The lowest BCUT2D eigenvalue weighted by Crippen LogP contribution is -2.29. The van der Waals surface area contributed by atoms with E-state index in [2.05, 4.69) is 20.4 Å². The number of aromatic nitrogens is 4. The molecule has 0 bridgehead atoms. The van der Waals surface area contributed by atoms with Crippen LogP contribution in [0.25, 0.3) is 16.7 Å². The summed E-state index contributed by atoms with van der Waals surface area (Å²) < 4.78 is 1.96. The number of nitrogens with one attached hydrogen (secondary N) is 1. The van der Waals surface area contributed by atoms with Crippen LogP contribution in [0.15, 0.2) is 24.5 Å². The molecule has 4 rings (SSSR count). The molecule has 0 aliphatic carbocycles. The highest BCUT2D eigenvalue weighted by atomic mass is 35.5. The van der Waals surface area contributed by atoms with Crippen LogP contribution in [0.5, 0.6) is 0 Å². The number of fused-ring (bicyclic) bond motifs is 3. The molecular weight excluding hydrogens is 288 g/mol. The summed E-state index contributed by atoms with van der Waals surface area (Å²) >= 11 is 6.10. The summed E-state index contributed by atoms with van der Waals surface area (Å²) in [6.07, 6.45) is 2.82. The average molecular weight is 303 g/mol. The molecule has 1 N–H and O–H groups in total. The third kappa shape index (κ3) is 2.20. The molecule has 21 heavy (non-hydrogen) atoms. The fraction of sp³-hybridized carbons (Fsp3) is 0.357. The Morgan fingerprint density at radius 1 is 1.19 bits per heavy atom. The van der Waals surface area contributed by atoms with Crippen LogP contribution in [-0.4, -0.2) is 45.8 Å². The van der Waals surface area contributed by atoms with E-state index in [0.717, 1.165) is 55.1 Å². The van der Waals surface area contributed by atoms with E-state index < -0.39 is 0 Å². The molecule has 0 unspecified atom stereocenters. The highest BCUT2D eigenvalue weighted by Crippen LogP contribution is 2.25. The van der Waals surface area contributed by atoms with Crippen molar-refractivity contribution in [1.29, 1.82) is 0 Å². The van der Waals surface area contributed by atoms with Crippen molar-refractivity contribution in [3.8, 4) is 0 Å². The molecule has 3 aromatic rings. The minimum absolute atomic E-state index is 0.686. The van der Waals surface area contributed by atoms with E-state index in [0.29, 0.717) is 5.02 Å². The minimum Gasteiger partial charge on any atom is -0.352 e. The molecule has 0 spiro atoms. The summed E-state index contributed by atoms with van der Waals surface area (Å²) in [4.78, 5) is 7.07. The average Bonchev–Trinajstić information content (AvgIpc) is 2.83. The first-order valence-corrected chi connectivity index (χ1v) is 7.45. The van der Waals surface area contributed by atoms with Gasteiger partial charge >= 0.3 is 0 Å². The summed E-state index contributed by atoms with van der Waals surface area (Å²) in [5.41, 5.74) is 2.62. The molecule has 0 radical (unpaired) electrons. The summed E-state index contributed by atoms with van der Waals surface area (Å²) in [5, 5.41) is 12.4. The van der Waals surface area contributed by atoms with Gasteiger partial charge in [0, 0.05) is 24.7 Å². The van der Waals surface area contributed by atoms with Crippen LogP contribution < -0.4 is 10.2 Å². The number of anilines is 1. The van der Waals surface area contributed by atoms with Crippen molar-refractivity contribution in [3.63, 3.8) is 0 Å². The predicted molar refractivity (Wildman–Crippen MR) is 83.0 cm³/mol. The van der Waals surface area contributed by atoms with Gasteiger partial charge in [0.1, 0.15) is 6.33 Å². The molecule has 1 aromatic carbocycles. The molecule has 3 heterocycles. The van der Waals surface area contributed by atoms with Crippen molar-refractivity contribution < 1.29 is 0 Å². The zero-order chi connectivity index (χ0) is 14.2. The van der Waals surface area contributed by atoms with Gasteiger partial charge in [0.15, 0.2) is 5.82 Å². The second kappa shape index (κ2) is 5.13. The molecule has 0 saturated carbocycles. The first-order valence-electron chi connectivity index (χ1n) is 7.07. The lowest BCUT2D eigenvalue weighted by atomic mass is 10.3. The zero-order valence-electron chi connectivity index (χ0n) is 11.5. The maximum Gasteiger partial charge on any atom is 0.204 e. The first-order chi connectivity index (χ1) is 10.3. The second-order valence-corrected chi connectivity index (χ2v) is 5.62. The fourth-order valence-corrected chi connectivity index (χ4v) is 2.95. The van der Waals surface area contributed by atoms with Crippen LogP contribution in [0.4, 0.5) is 5.82 Å². The van der Waals surface area contributed by atoms with Crippen LogP contribution in [0.1, 0.15) is 6.42 Å². The largest absolute Gasteiger partial charge is 0.352 e. The van der Waals surface area contributed by atoms with Crippen molar-refractivity contribution >= 4 is 34.1 Å². The van der Waals surface area contributed by atoms with E-state index in [4.69, 9.17) is 16.6 Å². The van der Waals surface area contributed by atoms with Crippen molar-refractivity contribution in [2.24, 2.45) is 0 Å². The molecule has 108 valence electrons. The van der Waals surface area contributed by atoms with Crippen LogP contribution >= 0.6 is 11.6 Å². The van der Waals surface area contributed by atoms with E-state index in [-0.39, 0.29) is 0 Å². The van der Waals surface area contributed by atoms with Gasteiger partial charge in [0.25, 0.3) is 0 Å². The Hall–Kier alpha value is -1.92. The van der Waals surface area contributed by atoms with Gasteiger partial charge in [-0.15, -0.1) is 10.2 Å². The molecule has 0 atom stereocenters. The van der Waals surface area contributed by atoms with Crippen LogP contribution in [0.2, 0.25) is 5.02 Å². The van der Waals surface area contributed by atoms with E-state index in [1.165, 1.54) is 0 Å². The summed E-state index contributed by atoms with van der Waals surface area (Å²) in [6, 6.07) is 5.70. The quantitative estimate of drug-likeness (QED) is 0.742. The number of halogens is 1. The van der Waals surface area contributed by atoms with E-state index in [1.807, 2.05) is 22.6 Å². The number of benzene rings is 1. The van der Waals surface area contributed by atoms with Crippen LogP contribution in [0.3, 0.4) is 0 Å². The number of hydrogen-bond donors (Lipinski definition) is 1. The van der Waals surface area contributed by atoms with Gasteiger partial charge in [-0.2, -0.15) is 0 Å².